The Hall–Kier alpha value is -2.67. The molecule has 2 aliphatic heterocycles. The molecule has 1 spiro atoms. The quantitative estimate of drug-likeness (QED) is 0.835. The van der Waals surface area contributed by atoms with Gasteiger partial charge >= 0.3 is 0 Å². The first-order valence-corrected chi connectivity index (χ1v) is 9.96. The number of ether oxygens (including phenoxy) is 2. The first-order valence-electron chi connectivity index (χ1n) is 9.96. The molecule has 7 heteroatoms. The second-order valence-corrected chi connectivity index (χ2v) is 7.96. The van der Waals surface area contributed by atoms with Crippen LogP contribution in [-0.2, 0) is 16.0 Å². The number of likely N-dealkylation sites (tertiary alicyclic amines) is 1. The Morgan fingerprint density at radius 2 is 1.93 bits per heavy atom. The highest BCUT2D eigenvalue weighted by atomic mass is 19.1. The van der Waals surface area contributed by atoms with Crippen LogP contribution in [0.15, 0.2) is 36.4 Å². The van der Waals surface area contributed by atoms with Crippen LogP contribution in [0.5, 0.6) is 5.75 Å². The number of nitrogens with zero attached hydrogens (tertiary/aromatic N) is 2. The highest BCUT2D eigenvalue weighted by Gasteiger charge is 2.45. The molecule has 0 saturated carbocycles. The Morgan fingerprint density at radius 3 is 2.59 bits per heavy atom. The van der Waals surface area contributed by atoms with Crippen molar-refractivity contribution < 1.29 is 18.7 Å². The van der Waals surface area contributed by atoms with Crippen molar-refractivity contribution in [3.05, 3.63) is 42.1 Å². The maximum Gasteiger partial charge on any atom is 0.235 e. The molecule has 1 amide bonds. The van der Waals surface area contributed by atoms with Gasteiger partial charge in [0, 0.05) is 44.2 Å². The third kappa shape index (κ3) is 4.34. The van der Waals surface area contributed by atoms with Crippen LogP contribution >= 0.6 is 0 Å². The van der Waals surface area contributed by atoms with Gasteiger partial charge in [-0.1, -0.05) is 0 Å². The van der Waals surface area contributed by atoms with E-state index in [9.17, 15) is 9.18 Å². The van der Waals surface area contributed by atoms with E-state index >= 15 is 0 Å². The normalized spacial score (nSPS) is 18.9. The summed E-state index contributed by atoms with van der Waals surface area (Å²) in [5, 5.41) is 0. The summed E-state index contributed by atoms with van der Waals surface area (Å²) in [6.45, 7) is 4.49. The Bertz CT molecular complexity index is 871. The maximum absolute atomic E-state index is 13.0. The van der Waals surface area contributed by atoms with Gasteiger partial charge in [0.05, 0.1) is 23.5 Å². The molecule has 1 atom stereocenters. The van der Waals surface area contributed by atoms with Gasteiger partial charge in [-0.15, -0.1) is 0 Å². The lowest BCUT2D eigenvalue weighted by molar-refractivity contribution is -0.149. The first-order chi connectivity index (χ1) is 13.9. The average molecular weight is 399 g/mol. The number of benzene rings is 1. The van der Waals surface area contributed by atoms with Crippen molar-refractivity contribution in [2.45, 2.75) is 32.5 Å². The molecule has 3 heterocycles. The number of hydrogen-bond acceptors (Lipinski definition) is 5. The maximum atomic E-state index is 13.0. The van der Waals surface area contributed by atoms with Gasteiger partial charge in [-0.2, -0.15) is 0 Å². The number of aromatic nitrogens is 1. The van der Waals surface area contributed by atoms with Crippen molar-refractivity contribution in [1.82, 2.24) is 9.88 Å². The van der Waals surface area contributed by atoms with Crippen LogP contribution in [0, 0.1) is 5.41 Å². The van der Waals surface area contributed by atoms with Gasteiger partial charge in [-0.25, -0.2) is 4.39 Å². The predicted octanol–water partition coefficient (Wildman–Crippen LogP) is 3.21. The summed E-state index contributed by atoms with van der Waals surface area (Å²) < 4.78 is 23.4. The van der Waals surface area contributed by atoms with E-state index in [1.807, 2.05) is 23.1 Å². The average Bonchev–Trinajstić information content (AvgIpc) is 2.68. The Kier molecular flexibility index (Phi) is 5.41. The van der Waals surface area contributed by atoms with Crippen molar-refractivity contribution in [2.75, 3.05) is 32.0 Å². The number of anilines is 1. The number of rotatable bonds is 5. The molecule has 2 saturated heterocycles. The minimum absolute atomic E-state index is 0.0548. The summed E-state index contributed by atoms with van der Waals surface area (Å²) in [7, 11) is 0. The molecule has 29 heavy (non-hydrogen) atoms. The predicted molar refractivity (Wildman–Crippen MR) is 108 cm³/mol. The summed E-state index contributed by atoms with van der Waals surface area (Å²) in [4.78, 5) is 19.2. The fourth-order valence-electron chi connectivity index (χ4n) is 4.02. The standard InChI is InChI=1S/C22H26FN3O3/c1-15(23)29-17-4-2-16(3-5-17)19-7-6-18(24)20(25-19)12-21(27)26-13-22(14-26)8-10-28-11-9-22/h2-7,15H,8-14,24H2,1H3. The summed E-state index contributed by atoms with van der Waals surface area (Å²) in [6, 6.07) is 10.6. The fourth-order valence-corrected chi connectivity index (χ4v) is 4.02. The summed E-state index contributed by atoms with van der Waals surface area (Å²) >= 11 is 0. The van der Waals surface area contributed by atoms with Crippen LogP contribution in [0.4, 0.5) is 10.1 Å². The fraction of sp³-hybridized carbons (Fsp3) is 0.455. The third-order valence-electron chi connectivity index (χ3n) is 5.74. The lowest BCUT2D eigenvalue weighted by Gasteiger charge is -2.52. The highest BCUT2D eigenvalue weighted by molar-refractivity contribution is 5.81. The second kappa shape index (κ2) is 7.99. The molecule has 1 unspecified atom stereocenters. The van der Waals surface area contributed by atoms with Crippen LogP contribution in [0.25, 0.3) is 11.3 Å². The molecular formula is C22H26FN3O3. The monoisotopic (exact) mass is 399 g/mol. The van der Waals surface area contributed by atoms with E-state index in [4.69, 9.17) is 15.2 Å². The van der Waals surface area contributed by atoms with Gasteiger partial charge in [-0.05, 0) is 49.2 Å². The third-order valence-corrected chi connectivity index (χ3v) is 5.74. The van der Waals surface area contributed by atoms with Crippen molar-refractivity contribution in [1.29, 1.82) is 0 Å². The molecule has 0 bridgehead atoms. The minimum atomic E-state index is -1.37. The van der Waals surface area contributed by atoms with E-state index in [-0.39, 0.29) is 17.7 Å². The molecule has 154 valence electrons. The van der Waals surface area contributed by atoms with E-state index in [1.165, 1.54) is 6.92 Å². The zero-order valence-electron chi connectivity index (χ0n) is 16.6. The molecule has 2 fully saturated rings. The van der Waals surface area contributed by atoms with Crippen molar-refractivity contribution >= 4 is 11.6 Å². The van der Waals surface area contributed by atoms with Gasteiger partial charge in [-0.3, -0.25) is 9.78 Å². The Balaban J connectivity index is 1.42. The second-order valence-electron chi connectivity index (χ2n) is 7.96. The summed E-state index contributed by atoms with van der Waals surface area (Å²) in [6.07, 6.45) is 0.864. The van der Waals surface area contributed by atoms with E-state index < -0.39 is 6.36 Å². The van der Waals surface area contributed by atoms with E-state index in [0.717, 1.165) is 44.7 Å². The van der Waals surface area contributed by atoms with Crippen LogP contribution < -0.4 is 10.5 Å². The topological polar surface area (TPSA) is 77.7 Å². The number of alkyl halides is 1. The molecule has 0 aliphatic carbocycles. The van der Waals surface area contributed by atoms with Gasteiger partial charge < -0.3 is 20.1 Å². The van der Waals surface area contributed by atoms with E-state index in [1.54, 1.807) is 18.2 Å². The highest BCUT2D eigenvalue weighted by Crippen LogP contribution is 2.40. The van der Waals surface area contributed by atoms with Crippen molar-refractivity contribution in [2.24, 2.45) is 5.41 Å². The molecule has 2 aliphatic rings. The molecule has 1 aromatic heterocycles. The smallest absolute Gasteiger partial charge is 0.235 e. The number of carbonyl (C=O) groups excluding carboxylic acids is 1. The number of hydrogen-bond donors (Lipinski definition) is 1. The zero-order chi connectivity index (χ0) is 20.4. The number of amides is 1. The summed E-state index contributed by atoms with van der Waals surface area (Å²) in [5.41, 5.74) is 8.98. The van der Waals surface area contributed by atoms with Gasteiger partial charge in [0.15, 0.2) is 0 Å². The number of carbonyl (C=O) groups is 1. The zero-order valence-corrected chi connectivity index (χ0v) is 16.6. The number of nitrogen functional groups attached to an aromatic ring is 1. The van der Waals surface area contributed by atoms with Crippen molar-refractivity contribution in [3.8, 4) is 17.0 Å². The first kappa shape index (κ1) is 19.6. The number of nitrogens with two attached hydrogens (primary N) is 1. The molecule has 4 rings (SSSR count). The van der Waals surface area contributed by atoms with Gasteiger partial charge in [0.2, 0.25) is 12.3 Å². The van der Waals surface area contributed by atoms with Crippen molar-refractivity contribution in [3.63, 3.8) is 0 Å². The number of pyridine rings is 1. The van der Waals surface area contributed by atoms with Crippen LogP contribution in [0.3, 0.4) is 0 Å². The molecule has 0 radical (unpaired) electrons. The summed E-state index contributed by atoms with van der Waals surface area (Å²) in [5.74, 6) is 0.508. The van der Waals surface area contributed by atoms with Crippen LogP contribution in [-0.4, -0.2) is 48.5 Å². The lowest BCUT2D eigenvalue weighted by Crippen LogP contribution is -2.60. The van der Waals surface area contributed by atoms with Gasteiger partial charge in [0.1, 0.15) is 5.75 Å². The Morgan fingerprint density at radius 1 is 1.24 bits per heavy atom. The van der Waals surface area contributed by atoms with Gasteiger partial charge in [0.25, 0.3) is 0 Å². The molecule has 1 aromatic carbocycles. The SMILES string of the molecule is CC(F)Oc1ccc(-c2ccc(N)c(CC(=O)N3CC4(CCOCC4)C3)n2)cc1. The molecule has 2 aromatic rings. The van der Waals surface area contributed by atoms with Crippen LogP contribution in [0.1, 0.15) is 25.5 Å². The molecule has 2 N–H and O–H groups in total. The number of halogens is 1. The molecular weight excluding hydrogens is 373 g/mol. The van der Waals surface area contributed by atoms with Crippen LogP contribution in [0.2, 0.25) is 0 Å². The lowest BCUT2D eigenvalue weighted by atomic mass is 9.73. The largest absolute Gasteiger partial charge is 0.461 e. The van der Waals surface area contributed by atoms with E-state index in [2.05, 4.69) is 4.98 Å². The Labute approximate surface area is 169 Å². The minimum Gasteiger partial charge on any atom is -0.461 e. The van der Waals surface area contributed by atoms with E-state index in [0.29, 0.717) is 22.8 Å². The molecule has 6 nitrogen and oxygen atoms in total.